The molecule has 2 unspecified atom stereocenters. The van der Waals surface area contributed by atoms with Gasteiger partial charge in [0.05, 0.1) is 5.39 Å². The molecule has 0 heterocycles. The van der Waals surface area contributed by atoms with Crippen LogP contribution in [0, 0.1) is 35.2 Å². The summed E-state index contributed by atoms with van der Waals surface area (Å²) in [4.78, 5) is 0. The van der Waals surface area contributed by atoms with Crippen molar-refractivity contribution in [3.05, 3.63) is 53.4 Å². The first-order chi connectivity index (χ1) is 17.0. The van der Waals surface area contributed by atoms with E-state index in [2.05, 4.69) is 6.92 Å². The first-order valence-electron chi connectivity index (χ1n) is 13.9. The van der Waals surface area contributed by atoms with Crippen molar-refractivity contribution in [3.8, 4) is 5.75 Å². The van der Waals surface area contributed by atoms with Crippen LogP contribution in [0.2, 0.25) is 0 Å². The summed E-state index contributed by atoms with van der Waals surface area (Å²) in [6.07, 6.45) is 18.3. The van der Waals surface area contributed by atoms with Crippen LogP contribution in [0.1, 0.15) is 102 Å². The molecule has 2 saturated carbocycles. The number of allylic oxidation sites excluding steroid dienone is 1. The minimum absolute atomic E-state index is 0.00873. The molecular weight excluding hydrogens is 445 g/mol. The third kappa shape index (κ3) is 6.06. The second-order valence-electron chi connectivity index (χ2n) is 10.9. The Bertz CT molecular complexity index is 1010. The van der Waals surface area contributed by atoms with E-state index in [1.165, 1.54) is 63.9 Å². The Morgan fingerprint density at radius 2 is 1.66 bits per heavy atom. The first-order valence-corrected chi connectivity index (χ1v) is 13.9. The topological polar surface area (TPSA) is 9.23 Å². The van der Waals surface area contributed by atoms with Gasteiger partial charge in [0.1, 0.15) is 6.61 Å². The van der Waals surface area contributed by atoms with Crippen LogP contribution in [-0.4, -0.2) is 6.61 Å². The van der Waals surface area contributed by atoms with Crippen LogP contribution in [0.5, 0.6) is 5.75 Å². The molecule has 0 saturated heterocycles. The van der Waals surface area contributed by atoms with Crippen LogP contribution in [0.15, 0.2) is 30.4 Å². The van der Waals surface area contributed by atoms with Gasteiger partial charge in [0.15, 0.2) is 23.2 Å². The number of rotatable bonds is 10. The van der Waals surface area contributed by atoms with E-state index in [1.54, 1.807) is 24.3 Å². The van der Waals surface area contributed by atoms with E-state index >= 15 is 8.78 Å². The average molecular weight is 487 g/mol. The molecule has 192 valence electrons. The number of hydrogen-bond acceptors (Lipinski definition) is 1. The maximum absolute atomic E-state index is 15.3. The van der Waals surface area contributed by atoms with Gasteiger partial charge in [-0.2, -0.15) is 0 Å². The summed E-state index contributed by atoms with van der Waals surface area (Å²) in [7, 11) is 0. The van der Waals surface area contributed by atoms with E-state index < -0.39 is 17.5 Å². The SMILES string of the molecule is C/C=C/COc1ccc2cc([C@@H]3CC[C@@H]4CC(CCCCCCC)CCC4C3)c(F)c(F)c2c1F. The number of benzene rings is 2. The summed E-state index contributed by atoms with van der Waals surface area (Å²) in [5, 5.41) is 0.0982. The fourth-order valence-corrected chi connectivity index (χ4v) is 6.59. The highest BCUT2D eigenvalue weighted by Gasteiger charge is 2.37. The van der Waals surface area contributed by atoms with Gasteiger partial charge in [-0.3, -0.25) is 0 Å². The zero-order valence-corrected chi connectivity index (χ0v) is 21.4. The normalized spacial score (nSPS) is 24.7. The van der Waals surface area contributed by atoms with Gasteiger partial charge >= 0.3 is 0 Å². The molecule has 2 fully saturated rings. The molecule has 0 bridgehead atoms. The Morgan fingerprint density at radius 3 is 2.46 bits per heavy atom. The Morgan fingerprint density at radius 1 is 0.886 bits per heavy atom. The Labute approximate surface area is 209 Å². The molecule has 35 heavy (non-hydrogen) atoms. The third-order valence-electron chi connectivity index (χ3n) is 8.56. The van der Waals surface area contributed by atoms with Crippen LogP contribution >= 0.6 is 0 Å². The lowest BCUT2D eigenvalue weighted by molar-refractivity contribution is 0.112. The molecule has 4 rings (SSSR count). The summed E-state index contributed by atoms with van der Waals surface area (Å²) >= 11 is 0. The van der Waals surface area contributed by atoms with Gasteiger partial charge < -0.3 is 4.74 Å². The molecule has 0 amide bonds. The zero-order valence-electron chi connectivity index (χ0n) is 21.4. The minimum atomic E-state index is -1.08. The van der Waals surface area contributed by atoms with Crippen LogP contribution in [0.4, 0.5) is 13.2 Å². The smallest absolute Gasteiger partial charge is 0.175 e. The molecule has 0 N–H and O–H groups in total. The summed E-state index contributed by atoms with van der Waals surface area (Å²) < 4.78 is 50.7. The minimum Gasteiger partial charge on any atom is -0.486 e. The molecule has 1 nitrogen and oxygen atoms in total. The van der Waals surface area contributed by atoms with Crippen molar-refractivity contribution in [1.82, 2.24) is 0 Å². The number of fused-ring (bicyclic) bond motifs is 2. The van der Waals surface area contributed by atoms with Crippen molar-refractivity contribution in [2.75, 3.05) is 6.61 Å². The summed E-state index contributed by atoms with van der Waals surface area (Å²) in [6.45, 7) is 4.28. The van der Waals surface area contributed by atoms with Gasteiger partial charge in [-0.05, 0) is 85.8 Å². The number of unbranched alkanes of at least 4 members (excludes halogenated alkanes) is 4. The summed E-state index contributed by atoms with van der Waals surface area (Å²) in [6, 6.07) is 4.84. The van der Waals surface area contributed by atoms with Crippen molar-refractivity contribution < 1.29 is 17.9 Å². The van der Waals surface area contributed by atoms with Crippen molar-refractivity contribution >= 4 is 10.8 Å². The van der Waals surface area contributed by atoms with Crippen molar-refractivity contribution in [3.63, 3.8) is 0 Å². The highest BCUT2D eigenvalue weighted by atomic mass is 19.2. The van der Waals surface area contributed by atoms with Crippen LogP contribution in [-0.2, 0) is 0 Å². The predicted molar refractivity (Wildman–Crippen MR) is 138 cm³/mol. The van der Waals surface area contributed by atoms with Gasteiger partial charge in [-0.25, -0.2) is 13.2 Å². The average Bonchev–Trinajstić information content (AvgIpc) is 2.87. The van der Waals surface area contributed by atoms with Gasteiger partial charge in [0.25, 0.3) is 0 Å². The largest absolute Gasteiger partial charge is 0.486 e. The standard InChI is InChI=1S/C31H41F3O/c1-3-5-7-8-9-10-21-11-12-23-19-24(14-13-22(23)18-21)26-20-25-15-16-27(35-17-6-4-2)30(33)28(25)31(34)29(26)32/h4,6,15-16,20-24H,3,5,7-14,17-19H2,1-2H3/b6-4+/t21?,22-,23?,24-/m1/s1. The van der Waals surface area contributed by atoms with Gasteiger partial charge in [-0.15, -0.1) is 0 Å². The highest BCUT2D eigenvalue weighted by Crippen LogP contribution is 2.49. The molecule has 2 aliphatic rings. The Hall–Kier alpha value is -1.97. The van der Waals surface area contributed by atoms with Crippen molar-refractivity contribution in [1.29, 1.82) is 0 Å². The lowest BCUT2D eigenvalue weighted by Crippen LogP contribution is -2.30. The molecule has 2 aromatic carbocycles. The lowest BCUT2D eigenvalue weighted by atomic mass is 9.63. The van der Waals surface area contributed by atoms with E-state index in [9.17, 15) is 4.39 Å². The molecule has 0 spiro atoms. The quantitative estimate of drug-likeness (QED) is 0.240. The molecule has 4 atom stereocenters. The van der Waals surface area contributed by atoms with E-state index in [0.29, 0.717) is 16.9 Å². The van der Waals surface area contributed by atoms with Gasteiger partial charge in [0.2, 0.25) is 0 Å². The Kier molecular flexibility index (Phi) is 9.19. The predicted octanol–water partition coefficient (Wildman–Crippen LogP) is 9.87. The molecule has 0 radical (unpaired) electrons. The summed E-state index contributed by atoms with van der Waals surface area (Å²) in [5.74, 6) is -0.667. The van der Waals surface area contributed by atoms with Crippen LogP contribution < -0.4 is 4.74 Å². The summed E-state index contributed by atoms with van der Waals surface area (Å²) in [5.41, 5.74) is 0.425. The second-order valence-corrected chi connectivity index (χ2v) is 10.9. The fraction of sp³-hybridized carbons (Fsp3) is 0.613. The van der Waals surface area contributed by atoms with Crippen LogP contribution in [0.3, 0.4) is 0 Å². The molecule has 2 aliphatic carbocycles. The monoisotopic (exact) mass is 486 g/mol. The third-order valence-corrected chi connectivity index (χ3v) is 8.56. The lowest BCUT2D eigenvalue weighted by Gasteiger charge is -2.42. The maximum Gasteiger partial charge on any atom is 0.175 e. The molecule has 4 heteroatoms. The zero-order chi connectivity index (χ0) is 24.8. The van der Waals surface area contributed by atoms with E-state index in [-0.39, 0.29) is 23.7 Å². The van der Waals surface area contributed by atoms with Crippen molar-refractivity contribution in [2.24, 2.45) is 17.8 Å². The van der Waals surface area contributed by atoms with Crippen LogP contribution in [0.25, 0.3) is 10.8 Å². The second kappa shape index (κ2) is 12.3. The Balaban J connectivity index is 1.42. The van der Waals surface area contributed by atoms with E-state index in [0.717, 1.165) is 31.1 Å². The van der Waals surface area contributed by atoms with E-state index in [4.69, 9.17) is 4.74 Å². The highest BCUT2D eigenvalue weighted by molar-refractivity contribution is 5.86. The molecule has 0 aromatic heterocycles. The van der Waals surface area contributed by atoms with Crippen molar-refractivity contribution in [2.45, 2.75) is 96.8 Å². The number of hydrogen-bond donors (Lipinski definition) is 0. The molecular formula is C31H41F3O. The first kappa shape index (κ1) is 26.1. The maximum atomic E-state index is 15.3. The molecule has 0 aliphatic heterocycles. The van der Waals surface area contributed by atoms with E-state index in [1.807, 2.05) is 6.92 Å². The fourth-order valence-electron chi connectivity index (χ4n) is 6.59. The van der Waals surface area contributed by atoms with Gasteiger partial charge in [0, 0.05) is 0 Å². The van der Waals surface area contributed by atoms with Gasteiger partial charge in [-0.1, -0.05) is 70.1 Å². The number of ether oxygens (including phenoxy) is 1. The molecule has 2 aromatic rings. The number of halogens is 3.